The van der Waals surface area contributed by atoms with E-state index in [4.69, 9.17) is 4.74 Å². The summed E-state index contributed by atoms with van der Waals surface area (Å²) in [6.45, 7) is 0.759. The molecule has 2 rings (SSSR count). The minimum Gasteiger partial charge on any atom is -0.495 e. The van der Waals surface area contributed by atoms with Crippen LogP contribution < -0.4 is 14.4 Å². The molecular formula is C15H21N3O5S. The van der Waals surface area contributed by atoms with E-state index in [0.717, 1.165) is 4.90 Å². The molecule has 1 fully saturated rings. The van der Waals surface area contributed by atoms with Gasteiger partial charge in [0.15, 0.2) is 0 Å². The lowest BCUT2D eigenvalue weighted by atomic mass is 10.2. The highest BCUT2D eigenvalue weighted by Crippen LogP contribution is 2.31. The number of rotatable bonds is 7. The third-order valence-electron chi connectivity index (χ3n) is 3.60. The van der Waals surface area contributed by atoms with Gasteiger partial charge < -0.3 is 9.64 Å². The summed E-state index contributed by atoms with van der Waals surface area (Å²) in [7, 11) is 1.19. The highest BCUT2D eigenvalue weighted by atomic mass is 32.2. The van der Waals surface area contributed by atoms with Crippen molar-refractivity contribution in [2.24, 2.45) is 0 Å². The summed E-state index contributed by atoms with van der Waals surface area (Å²) in [6.07, 6.45) is 0.266. The number of hydrogen-bond donors (Lipinski definition) is 1. The first kappa shape index (κ1) is 18.4. The van der Waals surface area contributed by atoms with E-state index in [-0.39, 0.29) is 47.5 Å². The number of nitrogens with zero attached hydrogens (tertiary/aromatic N) is 2. The quantitative estimate of drug-likeness (QED) is 0.702. The lowest BCUT2D eigenvalue weighted by Crippen LogP contribution is -2.32. The molecule has 0 spiro atoms. The maximum absolute atomic E-state index is 12.5. The van der Waals surface area contributed by atoms with Gasteiger partial charge in [0.05, 0.1) is 12.8 Å². The number of amides is 2. The van der Waals surface area contributed by atoms with Gasteiger partial charge in [-0.15, -0.1) is 0 Å². The summed E-state index contributed by atoms with van der Waals surface area (Å²) in [5, 5.41) is 0. The van der Waals surface area contributed by atoms with Crippen molar-refractivity contribution in [2.75, 3.05) is 39.2 Å². The molecule has 8 nitrogen and oxygen atoms in total. The molecule has 2 amide bonds. The van der Waals surface area contributed by atoms with Crippen molar-refractivity contribution in [1.29, 1.82) is 0 Å². The molecule has 0 saturated carbocycles. The SMILES string of the molecule is COc1ccc(N2C(=O)CCC2=O)cc1S(=O)(=O)NCCN(C)C. The first-order valence-electron chi connectivity index (χ1n) is 7.44. The van der Waals surface area contributed by atoms with E-state index in [0.29, 0.717) is 6.54 Å². The summed E-state index contributed by atoms with van der Waals surface area (Å²) in [5.41, 5.74) is 0.233. The topological polar surface area (TPSA) is 96.0 Å². The van der Waals surface area contributed by atoms with Crippen LogP contribution in [0.1, 0.15) is 12.8 Å². The van der Waals surface area contributed by atoms with Crippen LogP contribution in [-0.2, 0) is 19.6 Å². The molecule has 24 heavy (non-hydrogen) atoms. The Morgan fingerprint density at radius 1 is 1.21 bits per heavy atom. The van der Waals surface area contributed by atoms with Gasteiger partial charge in [0.1, 0.15) is 10.6 Å². The van der Waals surface area contributed by atoms with Crippen LogP contribution in [0, 0.1) is 0 Å². The van der Waals surface area contributed by atoms with E-state index in [1.54, 1.807) is 0 Å². The minimum absolute atomic E-state index is 0.103. The second-order valence-corrected chi connectivity index (χ2v) is 7.39. The van der Waals surface area contributed by atoms with Crippen molar-refractivity contribution in [1.82, 2.24) is 9.62 Å². The lowest BCUT2D eigenvalue weighted by Gasteiger charge is -2.17. The van der Waals surface area contributed by atoms with E-state index in [9.17, 15) is 18.0 Å². The normalized spacial score (nSPS) is 15.4. The molecule has 0 unspecified atom stereocenters. The molecule has 0 aliphatic carbocycles. The predicted octanol–water partition coefficient (Wildman–Crippen LogP) is 0.189. The number of carbonyl (C=O) groups excluding carboxylic acids is 2. The summed E-state index contributed by atoms with van der Waals surface area (Å²) in [6, 6.07) is 4.23. The van der Waals surface area contributed by atoms with Gasteiger partial charge in [0.2, 0.25) is 21.8 Å². The molecule has 1 aliphatic heterocycles. The summed E-state index contributed by atoms with van der Waals surface area (Å²) in [5.74, 6) is -0.529. The zero-order valence-electron chi connectivity index (χ0n) is 13.9. The van der Waals surface area contributed by atoms with Crippen LogP contribution in [0.4, 0.5) is 5.69 Å². The van der Waals surface area contributed by atoms with Gasteiger partial charge in [-0.1, -0.05) is 0 Å². The molecule has 1 N–H and O–H groups in total. The van der Waals surface area contributed by atoms with Gasteiger partial charge >= 0.3 is 0 Å². The molecule has 1 aliphatic rings. The lowest BCUT2D eigenvalue weighted by molar-refractivity contribution is -0.121. The van der Waals surface area contributed by atoms with E-state index in [2.05, 4.69) is 4.72 Å². The first-order chi connectivity index (χ1) is 11.3. The highest BCUT2D eigenvalue weighted by molar-refractivity contribution is 7.89. The Balaban J connectivity index is 2.35. The van der Waals surface area contributed by atoms with Crippen molar-refractivity contribution >= 4 is 27.5 Å². The van der Waals surface area contributed by atoms with Crippen molar-refractivity contribution in [3.8, 4) is 5.75 Å². The molecule has 1 saturated heterocycles. The van der Waals surface area contributed by atoms with Crippen LogP contribution in [0.2, 0.25) is 0 Å². The summed E-state index contributed by atoms with van der Waals surface area (Å²) < 4.78 is 32.6. The van der Waals surface area contributed by atoms with Gasteiger partial charge in [-0.2, -0.15) is 0 Å². The maximum atomic E-state index is 12.5. The number of ether oxygens (including phenoxy) is 1. The third kappa shape index (κ3) is 3.92. The molecule has 9 heteroatoms. The summed E-state index contributed by atoms with van der Waals surface area (Å²) >= 11 is 0. The Bertz CT molecular complexity index is 729. The average Bonchev–Trinajstić information content (AvgIpc) is 2.85. The number of methoxy groups -OCH3 is 1. The van der Waals surface area contributed by atoms with E-state index >= 15 is 0 Å². The van der Waals surface area contributed by atoms with E-state index < -0.39 is 10.0 Å². The molecule has 0 atom stereocenters. The Kier molecular flexibility index (Phi) is 5.58. The molecule has 132 valence electrons. The van der Waals surface area contributed by atoms with E-state index in [1.807, 2.05) is 19.0 Å². The number of benzene rings is 1. The van der Waals surface area contributed by atoms with Gasteiger partial charge in [-0.25, -0.2) is 13.1 Å². The average molecular weight is 355 g/mol. The third-order valence-corrected chi connectivity index (χ3v) is 5.08. The van der Waals surface area contributed by atoms with Crippen LogP contribution in [0.3, 0.4) is 0 Å². The van der Waals surface area contributed by atoms with Crippen molar-refractivity contribution < 1.29 is 22.7 Å². The Hall–Kier alpha value is -1.97. The number of hydrogen-bond acceptors (Lipinski definition) is 6. The first-order valence-corrected chi connectivity index (χ1v) is 8.93. The number of likely N-dealkylation sites (N-methyl/N-ethyl adjacent to an activating group) is 1. The Morgan fingerprint density at radius 2 is 1.83 bits per heavy atom. The Labute approximate surface area is 141 Å². The van der Waals surface area contributed by atoms with Crippen molar-refractivity contribution in [2.45, 2.75) is 17.7 Å². The van der Waals surface area contributed by atoms with Crippen LogP contribution in [0.5, 0.6) is 5.75 Å². The van der Waals surface area contributed by atoms with Gasteiger partial charge in [0.25, 0.3) is 0 Å². The van der Waals surface area contributed by atoms with Crippen LogP contribution in [0.25, 0.3) is 0 Å². The highest BCUT2D eigenvalue weighted by Gasteiger charge is 2.31. The molecule has 0 bridgehead atoms. The number of carbonyl (C=O) groups is 2. The fourth-order valence-electron chi connectivity index (χ4n) is 2.36. The molecule has 1 heterocycles. The number of imide groups is 1. The molecule has 1 aromatic carbocycles. The molecule has 0 aromatic heterocycles. The van der Waals surface area contributed by atoms with Gasteiger partial charge in [-0.3, -0.25) is 14.5 Å². The number of nitrogens with one attached hydrogen (secondary N) is 1. The zero-order chi connectivity index (χ0) is 17.9. The van der Waals surface area contributed by atoms with Crippen LogP contribution >= 0.6 is 0 Å². The second-order valence-electron chi connectivity index (χ2n) is 5.66. The minimum atomic E-state index is -3.84. The number of sulfonamides is 1. The maximum Gasteiger partial charge on any atom is 0.244 e. The number of anilines is 1. The largest absolute Gasteiger partial charge is 0.495 e. The molecular weight excluding hydrogens is 334 g/mol. The summed E-state index contributed by atoms with van der Waals surface area (Å²) in [4.78, 5) is 26.5. The van der Waals surface area contributed by atoms with Crippen molar-refractivity contribution in [3.05, 3.63) is 18.2 Å². The zero-order valence-corrected chi connectivity index (χ0v) is 14.7. The van der Waals surface area contributed by atoms with Crippen molar-refractivity contribution in [3.63, 3.8) is 0 Å². The van der Waals surface area contributed by atoms with E-state index in [1.165, 1.54) is 25.3 Å². The fourth-order valence-corrected chi connectivity index (χ4v) is 3.57. The predicted molar refractivity (Wildman–Crippen MR) is 88.5 cm³/mol. The fraction of sp³-hybridized carbons (Fsp3) is 0.467. The van der Waals surface area contributed by atoms with Crippen LogP contribution in [-0.4, -0.2) is 59.4 Å². The van der Waals surface area contributed by atoms with Gasteiger partial charge in [-0.05, 0) is 32.3 Å². The molecule has 1 aromatic rings. The Morgan fingerprint density at radius 3 is 2.38 bits per heavy atom. The smallest absolute Gasteiger partial charge is 0.244 e. The second kappa shape index (κ2) is 7.29. The monoisotopic (exact) mass is 355 g/mol. The van der Waals surface area contributed by atoms with Crippen LogP contribution in [0.15, 0.2) is 23.1 Å². The molecule has 0 radical (unpaired) electrons. The standard InChI is InChI=1S/C15H21N3O5S/c1-17(2)9-8-16-24(21,22)13-10-11(4-5-12(13)23-3)18-14(19)6-7-15(18)20/h4-5,10,16H,6-9H2,1-3H3. The van der Waals surface area contributed by atoms with Gasteiger partial charge in [0, 0.05) is 25.9 Å².